The molecule has 0 fully saturated rings. The summed E-state index contributed by atoms with van der Waals surface area (Å²) in [6, 6.07) is 6.90. The second-order valence-electron chi connectivity index (χ2n) is 3.46. The van der Waals surface area contributed by atoms with Gasteiger partial charge >= 0.3 is 5.97 Å². The average molecular weight is 249 g/mol. The topological polar surface area (TPSA) is 68.0 Å². The molecule has 0 aliphatic rings. The van der Waals surface area contributed by atoms with Crippen molar-refractivity contribution in [3.63, 3.8) is 0 Å². The van der Waals surface area contributed by atoms with Crippen molar-refractivity contribution in [2.24, 2.45) is 7.05 Å². The van der Waals surface area contributed by atoms with Crippen LogP contribution in [0.1, 0.15) is 15.9 Å². The van der Waals surface area contributed by atoms with Crippen LogP contribution in [-0.4, -0.2) is 25.8 Å². The maximum absolute atomic E-state index is 10.8. The predicted molar refractivity (Wildman–Crippen MR) is 64.0 cm³/mol. The molecule has 88 valence electrons. The van der Waals surface area contributed by atoms with E-state index in [9.17, 15) is 4.79 Å². The van der Waals surface area contributed by atoms with E-state index in [0.717, 1.165) is 10.7 Å². The smallest absolute Gasteiger partial charge is 0.335 e. The molecule has 0 bridgehead atoms. The van der Waals surface area contributed by atoms with E-state index >= 15 is 0 Å². The van der Waals surface area contributed by atoms with E-state index in [1.54, 1.807) is 22.9 Å². The number of thioether (sulfide) groups is 1. The highest BCUT2D eigenvalue weighted by molar-refractivity contribution is 7.98. The minimum atomic E-state index is -0.907. The number of benzene rings is 1. The lowest BCUT2D eigenvalue weighted by Gasteiger charge is -2.02. The van der Waals surface area contributed by atoms with E-state index in [1.165, 1.54) is 18.1 Å². The Kier molecular flexibility index (Phi) is 3.43. The van der Waals surface area contributed by atoms with Crippen molar-refractivity contribution in [1.82, 2.24) is 14.8 Å². The van der Waals surface area contributed by atoms with Crippen molar-refractivity contribution in [2.45, 2.75) is 10.9 Å². The van der Waals surface area contributed by atoms with Crippen molar-refractivity contribution in [3.05, 3.63) is 41.7 Å². The Morgan fingerprint density at radius 1 is 1.53 bits per heavy atom. The number of hydrogen-bond acceptors (Lipinski definition) is 4. The Labute approximate surface area is 102 Å². The molecular weight excluding hydrogens is 238 g/mol. The van der Waals surface area contributed by atoms with E-state index in [-0.39, 0.29) is 0 Å². The highest BCUT2D eigenvalue weighted by atomic mass is 32.2. The SMILES string of the molecule is Cn1ncnc1SCc1cccc(C(=O)O)c1. The van der Waals surface area contributed by atoms with Crippen LogP contribution in [0.4, 0.5) is 0 Å². The first kappa shape index (κ1) is 11.7. The number of aromatic carboxylic acids is 1. The number of nitrogens with zero attached hydrogens (tertiary/aromatic N) is 3. The fourth-order valence-corrected chi connectivity index (χ4v) is 2.19. The molecular formula is C11H11N3O2S. The first-order valence-electron chi connectivity index (χ1n) is 4.96. The van der Waals surface area contributed by atoms with Crippen LogP contribution in [0.3, 0.4) is 0 Å². The zero-order chi connectivity index (χ0) is 12.3. The molecule has 2 aromatic rings. The van der Waals surface area contributed by atoms with Crippen molar-refractivity contribution in [3.8, 4) is 0 Å². The highest BCUT2D eigenvalue weighted by Crippen LogP contribution is 2.20. The van der Waals surface area contributed by atoms with Gasteiger partial charge in [0.25, 0.3) is 0 Å². The van der Waals surface area contributed by atoms with Crippen LogP contribution in [0.25, 0.3) is 0 Å². The number of hydrogen-bond donors (Lipinski definition) is 1. The molecule has 1 aromatic carbocycles. The molecule has 0 spiro atoms. The molecule has 0 aliphatic carbocycles. The van der Waals surface area contributed by atoms with Gasteiger partial charge in [-0.3, -0.25) is 0 Å². The van der Waals surface area contributed by atoms with Crippen LogP contribution < -0.4 is 0 Å². The Hall–Kier alpha value is -1.82. The second kappa shape index (κ2) is 5.01. The van der Waals surface area contributed by atoms with E-state index in [2.05, 4.69) is 10.1 Å². The lowest BCUT2D eigenvalue weighted by atomic mass is 10.1. The van der Waals surface area contributed by atoms with Gasteiger partial charge in [-0.2, -0.15) is 5.10 Å². The van der Waals surface area contributed by atoms with Gasteiger partial charge in [-0.25, -0.2) is 14.5 Å². The molecule has 1 N–H and O–H groups in total. The number of carbonyl (C=O) groups is 1. The van der Waals surface area contributed by atoms with Gasteiger partial charge in [-0.05, 0) is 17.7 Å². The van der Waals surface area contributed by atoms with Gasteiger partial charge in [0.1, 0.15) is 6.33 Å². The van der Waals surface area contributed by atoms with Crippen LogP contribution in [0.5, 0.6) is 0 Å². The normalized spacial score (nSPS) is 10.4. The fourth-order valence-electron chi connectivity index (χ4n) is 1.36. The zero-order valence-corrected chi connectivity index (χ0v) is 10.0. The van der Waals surface area contributed by atoms with Crippen molar-refractivity contribution in [2.75, 3.05) is 0 Å². The summed E-state index contributed by atoms with van der Waals surface area (Å²) in [6.45, 7) is 0. The third kappa shape index (κ3) is 2.85. The molecule has 0 radical (unpaired) electrons. The standard InChI is InChI=1S/C11H11N3O2S/c1-14-11(12-7-13-14)17-6-8-3-2-4-9(5-8)10(15)16/h2-5,7H,6H2,1H3,(H,15,16). The van der Waals surface area contributed by atoms with Crippen LogP contribution in [0.2, 0.25) is 0 Å². The van der Waals surface area contributed by atoms with Crippen LogP contribution in [0, 0.1) is 0 Å². The largest absolute Gasteiger partial charge is 0.478 e. The van der Waals surface area contributed by atoms with Crippen molar-refractivity contribution < 1.29 is 9.90 Å². The molecule has 1 aromatic heterocycles. The fraction of sp³-hybridized carbons (Fsp3) is 0.182. The first-order valence-corrected chi connectivity index (χ1v) is 5.94. The molecule has 0 saturated heterocycles. The molecule has 1 heterocycles. The monoisotopic (exact) mass is 249 g/mol. The number of carboxylic acid groups (broad SMARTS) is 1. The van der Waals surface area contributed by atoms with Gasteiger partial charge in [0, 0.05) is 12.8 Å². The number of aryl methyl sites for hydroxylation is 1. The first-order chi connectivity index (χ1) is 8.16. The van der Waals surface area contributed by atoms with Gasteiger partial charge in [0.2, 0.25) is 0 Å². The summed E-state index contributed by atoms with van der Waals surface area (Å²) in [5.41, 5.74) is 1.26. The molecule has 2 rings (SSSR count). The van der Waals surface area contributed by atoms with Gasteiger partial charge in [0.15, 0.2) is 5.16 Å². The van der Waals surface area contributed by atoms with Crippen LogP contribution >= 0.6 is 11.8 Å². The molecule has 17 heavy (non-hydrogen) atoms. The van der Waals surface area contributed by atoms with E-state index in [1.807, 2.05) is 13.1 Å². The minimum Gasteiger partial charge on any atom is -0.478 e. The number of carboxylic acids is 1. The van der Waals surface area contributed by atoms with Gasteiger partial charge < -0.3 is 5.11 Å². The third-order valence-corrected chi connectivity index (χ3v) is 3.32. The van der Waals surface area contributed by atoms with Crippen LogP contribution in [-0.2, 0) is 12.8 Å². The maximum atomic E-state index is 10.8. The number of rotatable bonds is 4. The molecule has 0 unspecified atom stereocenters. The molecule has 5 nitrogen and oxygen atoms in total. The summed E-state index contributed by atoms with van der Waals surface area (Å²) in [6.07, 6.45) is 1.50. The molecule has 6 heteroatoms. The Morgan fingerprint density at radius 3 is 3.00 bits per heavy atom. The van der Waals surface area contributed by atoms with E-state index < -0.39 is 5.97 Å². The second-order valence-corrected chi connectivity index (χ2v) is 4.40. The Bertz CT molecular complexity index is 539. The lowest BCUT2D eigenvalue weighted by Crippen LogP contribution is -1.97. The zero-order valence-electron chi connectivity index (χ0n) is 9.20. The van der Waals surface area contributed by atoms with Crippen molar-refractivity contribution >= 4 is 17.7 Å². The van der Waals surface area contributed by atoms with Gasteiger partial charge in [0.05, 0.1) is 5.56 Å². The minimum absolute atomic E-state index is 0.307. The predicted octanol–water partition coefficient (Wildman–Crippen LogP) is 1.81. The van der Waals surface area contributed by atoms with Gasteiger partial charge in [-0.1, -0.05) is 23.9 Å². The molecule has 0 atom stereocenters. The van der Waals surface area contributed by atoms with Crippen LogP contribution in [0.15, 0.2) is 35.7 Å². The highest BCUT2D eigenvalue weighted by Gasteiger charge is 2.05. The number of aromatic nitrogens is 3. The summed E-state index contributed by atoms with van der Waals surface area (Å²) in [5.74, 6) is -0.233. The van der Waals surface area contributed by atoms with E-state index in [0.29, 0.717) is 11.3 Å². The summed E-state index contributed by atoms with van der Waals surface area (Å²) < 4.78 is 1.69. The van der Waals surface area contributed by atoms with Gasteiger partial charge in [-0.15, -0.1) is 0 Å². The Morgan fingerprint density at radius 2 is 2.35 bits per heavy atom. The summed E-state index contributed by atoms with van der Waals surface area (Å²) in [5, 5.41) is 13.6. The maximum Gasteiger partial charge on any atom is 0.335 e. The Balaban J connectivity index is 2.07. The average Bonchev–Trinajstić information content (AvgIpc) is 2.72. The van der Waals surface area contributed by atoms with Crippen molar-refractivity contribution in [1.29, 1.82) is 0 Å². The lowest BCUT2D eigenvalue weighted by molar-refractivity contribution is 0.0697. The molecule has 0 saturated carbocycles. The van der Waals surface area contributed by atoms with E-state index in [4.69, 9.17) is 5.11 Å². The summed E-state index contributed by atoms with van der Waals surface area (Å²) >= 11 is 1.52. The third-order valence-electron chi connectivity index (χ3n) is 2.21. The quantitative estimate of drug-likeness (QED) is 0.837. The summed E-state index contributed by atoms with van der Waals surface area (Å²) in [7, 11) is 1.82. The molecule has 0 aliphatic heterocycles. The summed E-state index contributed by atoms with van der Waals surface area (Å²) in [4.78, 5) is 14.9. The molecule has 0 amide bonds.